The van der Waals surface area contributed by atoms with Gasteiger partial charge < -0.3 is 27.0 Å². The third kappa shape index (κ3) is 19.8. The molecule has 12 nitrogen and oxygen atoms in total. The third-order valence-electron chi connectivity index (χ3n) is 4.66. The molecule has 1 aromatic heterocycles. The van der Waals surface area contributed by atoms with Crippen molar-refractivity contribution in [1.29, 1.82) is 0 Å². The number of rotatable bonds is 10. The van der Waals surface area contributed by atoms with Gasteiger partial charge in [-0.1, -0.05) is 48.6 Å². The van der Waals surface area contributed by atoms with Gasteiger partial charge in [-0.2, -0.15) is 26.3 Å². The predicted octanol–water partition coefficient (Wildman–Crippen LogP) is 3.59. The number of urea groups is 1. The van der Waals surface area contributed by atoms with E-state index in [1.807, 2.05) is 6.07 Å². The molecular weight excluding hydrogens is 600 g/mol. The fourth-order valence-corrected chi connectivity index (χ4v) is 3.32. The number of carbonyl (C=O) groups excluding carboxylic acids is 1. The van der Waals surface area contributed by atoms with Gasteiger partial charge in [0.15, 0.2) is 5.96 Å². The first-order chi connectivity index (χ1) is 19.4. The van der Waals surface area contributed by atoms with Crippen LogP contribution in [-0.2, 0) is 22.4 Å². The molecule has 0 aliphatic carbocycles. The molecule has 19 heteroatoms. The lowest BCUT2D eigenvalue weighted by molar-refractivity contribution is -0.193. The van der Waals surface area contributed by atoms with Gasteiger partial charge in [-0.05, 0) is 37.2 Å². The number of carbonyl (C=O) groups is 3. The molecule has 1 atom stereocenters. The number of nitrogens with two attached hydrogens (primary N) is 2. The van der Waals surface area contributed by atoms with Gasteiger partial charge in [-0.25, -0.2) is 14.4 Å². The Hall–Kier alpha value is -4.16. The number of halogens is 6. The second-order valence-electron chi connectivity index (χ2n) is 8.33. The number of aryl methyl sites for hydroxylation is 2. The maximum absolute atomic E-state index is 11.9. The highest BCUT2D eigenvalue weighted by molar-refractivity contribution is 7.15. The van der Waals surface area contributed by atoms with Gasteiger partial charge in [0.05, 0.1) is 0 Å². The zero-order chi connectivity index (χ0) is 32.3. The number of hydrogen-bond acceptors (Lipinski definition) is 8. The van der Waals surface area contributed by atoms with Crippen LogP contribution in [0.3, 0.4) is 0 Å². The highest BCUT2D eigenvalue weighted by Gasteiger charge is 2.38. The number of nitrogen functional groups attached to an aromatic ring is 1. The molecule has 0 radical (unpaired) electrons. The molecule has 1 aromatic carbocycles. The summed E-state index contributed by atoms with van der Waals surface area (Å²) in [4.78, 5) is 33.8. The predicted molar refractivity (Wildman–Crippen MR) is 142 cm³/mol. The summed E-state index contributed by atoms with van der Waals surface area (Å²) in [5.41, 5.74) is 12.6. The van der Waals surface area contributed by atoms with E-state index in [2.05, 4.69) is 57.0 Å². The maximum atomic E-state index is 11.9. The van der Waals surface area contributed by atoms with E-state index in [4.69, 9.17) is 31.3 Å². The Morgan fingerprint density at radius 1 is 0.976 bits per heavy atom. The molecule has 0 aliphatic heterocycles. The van der Waals surface area contributed by atoms with E-state index in [0.29, 0.717) is 24.1 Å². The third-order valence-corrected chi connectivity index (χ3v) is 5.47. The van der Waals surface area contributed by atoms with Crippen molar-refractivity contribution in [1.82, 2.24) is 20.8 Å². The smallest absolute Gasteiger partial charge is 0.475 e. The molecule has 0 saturated heterocycles. The van der Waals surface area contributed by atoms with Crippen molar-refractivity contribution in [2.75, 3.05) is 18.8 Å². The van der Waals surface area contributed by atoms with Gasteiger partial charge in [0.25, 0.3) is 0 Å². The van der Waals surface area contributed by atoms with Crippen LogP contribution >= 0.6 is 11.3 Å². The minimum absolute atomic E-state index is 0.117. The van der Waals surface area contributed by atoms with Gasteiger partial charge in [-0.15, -0.1) is 10.2 Å². The second kappa shape index (κ2) is 19.1. The van der Waals surface area contributed by atoms with Crippen LogP contribution < -0.4 is 22.1 Å². The van der Waals surface area contributed by atoms with Crippen molar-refractivity contribution in [3.63, 3.8) is 0 Å². The van der Waals surface area contributed by atoms with E-state index >= 15 is 0 Å². The number of aliphatic imine (C=N–C) groups is 1. The highest BCUT2D eigenvalue weighted by atomic mass is 32.1. The highest BCUT2D eigenvalue weighted by Crippen LogP contribution is 2.14. The second-order valence-corrected chi connectivity index (χ2v) is 9.42. The topological polar surface area (TPSA) is 206 Å². The number of aromatic nitrogens is 2. The Morgan fingerprint density at radius 2 is 1.52 bits per heavy atom. The summed E-state index contributed by atoms with van der Waals surface area (Å²) < 4.78 is 63.5. The molecule has 0 bridgehead atoms. The molecule has 2 rings (SSSR count). The summed E-state index contributed by atoms with van der Waals surface area (Å²) in [5.74, 6) is -5.00. The summed E-state index contributed by atoms with van der Waals surface area (Å²) >= 11 is 1.37. The monoisotopic (exact) mass is 631 g/mol. The van der Waals surface area contributed by atoms with Crippen LogP contribution in [0.25, 0.3) is 0 Å². The first-order valence-electron chi connectivity index (χ1n) is 12.0. The zero-order valence-electron chi connectivity index (χ0n) is 22.2. The molecule has 0 spiro atoms. The summed E-state index contributed by atoms with van der Waals surface area (Å²) in [5, 5.41) is 28.7. The first kappa shape index (κ1) is 37.8. The van der Waals surface area contributed by atoms with E-state index < -0.39 is 24.3 Å². The van der Waals surface area contributed by atoms with E-state index in [-0.39, 0.29) is 12.0 Å². The van der Waals surface area contributed by atoms with E-state index in [1.54, 1.807) is 0 Å². The van der Waals surface area contributed by atoms with Crippen LogP contribution in [0.4, 0.5) is 36.3 Å². The Kier molecular flexibility index (Phi) is 17.2. The number of alkyl halides is 6. The van der Waals surface area contributed by atoms with Crippen molar-refractivity contribution >= 4 is 40.4 Å². The Labute approximate surface area is 240 Å². The van der Waals surface area contributed by atoms with Crippen molar-refractivity contribution in [3.8, 4) is 0 Å². The average Bonchev–Trinajstić information content (AvgIpc) is 3.30. The van der Waals surface area contributed by atoms with Crippen LogP contribution in [0.2, 0.25) is 0 Å². The minimum atomic E-state index is -5.08. The number of aliphatic carboxylic acids is 2. The number of guanidine groups is 1. The molecule has 0 fully saturated rings. The summed E-state index contributed by atoms with van der Waals surface area (Å²) in [6, 6.07) is 10.1. The number of benzene rings is 1. The zero-order valence-corrected chi connectivity index (χ0v) is 23.0. The number of carboxylic acid groups (broad SMARTS) is 2. The Morgan fingerprint density at radius 3 is 2.00 bits per heavy atom. The van der Waals surface area contributed by atoms with Crippen molar-refractivity contribution in [2.24, 2.45) is 16.6 Å². The molecule has 8 N–H and O–H groups in total. The summed E-state index contributed by atoms with van der Waals surface area (Å²) in [6.45, 7) is 3.23. The van der Waals surface area contributed by atoms with Gasteiger partial charge in [0.1, 0.15) is 5.01 Å². The first-order valence-corrected chi connectivity index (χ1v) is 12.8. The van der Waals surface area contributed by atoms with Crippen molar-refractivity contribution in [2.45, 2.75) is 51.4 Å². The van der Waals surface area contributed by atoms with Gasteiger partial charge in [0, 0.05) is 19.5 Å². The van der Waals surface area contributed by atoms with Gasteiger partial charge in [-0.3, -0.25) is 10.3 Å². The molecule has 0 saturated carbocycles. The lowest BCUT2D eigenvalue weighted by Crippen LogP contribution is -2.44. The molecule has 1 heterocycles. The van der Waals surface area contributed by atoms with Crippen LogP contribution in [-0.4, -0.2) is 69.8 Å². The van der Waals surface area contributed by atoms with Gasteiger partial charge in [0.2, 0.25) is 5.13 Å². The number of anilines is 1. The number of nitrogens with zero attached hydrogens (tertiary/aromatic N) is 3. The summed E-state index contributed by atoms with van der Waals surface area (Å²) in [6.07, 6.45) is -5.47. The van der Waals surface area contributed by atoms with Crippen LogP contribution in [0.15, 0.2) is 35.3 Å². The molecular formula is C23H31F6N7O5S. The Bertz CT molecular complexity index is 1110. The largest absolute Gasteiger partial charge is 0.490 e. The number of hydrogen-bond donors (Lipinski definition) is 6. The average molecular weight is 632 g/mol. The van der Waals surface area contributed by atoms with Gasteiger partial charge >= 0.3 is 30.3 Å². The SMILES string of the molecule is CC(CCCc1ccccc1)CNC(=O)NC(N)=NCCCc1nnc(N)s1.O=C(O)C(F)(F)F.O=C(O)C(F)(F)F. The van der Waals surface area contributed by atoms with Crippen LogP contribution in [0, 0.1) is 5.92 Å². The number of amides is 2. The maximum Gasteiger partial charge on any atom is 0.490 e. The number of nitrogens with one attached hydrogen (secondary N) is 2. The van der Waals surface area contributed by atoms with Crippen LogP contribution in [0.5, 0.6) is 0 Å². The quantitative estimate of drug-likeness (QED) is 0.0979. The van der Waals surface area contributed by atoms with Crippen LogP contribution in [0.1, 0.15) is 36.8 Å². The fraction of sp³-hybridized carbons (Fsp3) is 0.478. The number of carboxylic acids is 2. The standard InChI is InChI=1S/C19H29N7OS.2C2HF3O2/c1-14(7-5-10-15-8-3-2-4-9-15)13-23-19(27)24-17(20)22-12-6-11-16-25-26-18(21)28-16;2*3-2(4,5)1(6)7/h2-4,8-9,14H,5-7,10-13H2,1H3,(H2,21,26)(H4,20,22,23,24,27);2*(H,6,7). The lowest BCUT2D eigenvalue weighted by atomic mass is 10.0. The Balaban J connectivity index is 0.000000990. The normalized spacial score (nSPS) is 12.1. The minimum Gasteiger partial charge on any atom is -0.475 e. The van der Waals surface area contributed by atoms with E-state index in [9.17, 15) is 31.1 Å². The molecule has 42 heavy (non-hydrogen) atoms. The van der Waals surface area contributed by atoms with E-state index in [1.165, 1.54) is 16.9 Å². The molecule has 0 aliphatic rings. The fourth-order valence-electron chi connectivity index (χ4n) is 2.67. The van der Waals surface area contributed by atoms with E-state index in [0.717, 1.165) is 37.1 Å². The molecule has 1 unspecified atom stereocenters. The molecule has 2 aromatic rings. The lowest BCUT2D eigenvalue weighted by Gasteiger charge is -2.13. The summed E-state index contributed by atoms with van der Waals surface area (Å²) in [7, 11) is 0. The van der Waals surface area contributed by atoms with Crippen molar-refractivity contribution in [3.05, 3.63) is 40.9 Å². The molecule has 2 amide bonds. The molecule has 236 valence electrons. The van der Waals surface area contributed by atoms with Crippen molar-refractivity contribution < 1.29 is 50.9 Å².